The summed E-state index contributed by atoms with van der Waals surface area (Å²) in [5.41, 5.74) is 7.00. The zero-order chi connectivity index (χ0) is 18.1. The zero-order valence-electron chi connectivity index (χ0n) is 13.9. The van der Waals surface area contributed by atoms with E-state index >= 15 is 0 Å². The molecule has 5 N–H and O–H groups in total. The molecule has 0 saturated heterocycles. The number of carbonyl (C=O) groups is 1. The summed E-state index contributed by atoms with van der Waals surface area (Å²) < 4.78 is 0. The summed E-state index contributed by atoms with van der Waals surface area (Å²) in [5, 5.41) is 19.2. The second-order valence-electron chi connectivity index (χ2n) is 5.44. The maximum atomic E-state index is 11.3. The van der Waals surface area contributed by atoms with Crippen molar-refractivity contribution >= 4 is 17.6 Å². The average molecular weight is 338 g/mol. The molecule has 0 spiro atoms. The number of benzene rings is 1. The highest BCUT2D eigenvalue weighted by Crippen LogP contribution is 2.08. The van der Waals surface area contributed by atoms with E-state index < -0.39 is 0 Å². The van der Waals surface area contributed by atoms with Gasteiger partial charge in [-0.15, -0.1) is 0 Å². The Bertz CT molecular complexity index is 717. The van der Waals surface area contributed by atoms with Gasteiger partial charge in [0, 0.05) is 12.6 Å². The molecule has 25 heavy (non-hydrogen) atoms. The van der Waals surface area contributed by atoms with Gasteiger partial charge < -0.3 is 16.0 Å². The van der Waals surface area contributed by atoms with E-state index in [9.17, 15) is 4.79 Å². The topological polar surface area (TPSA) is 119 Å². The second kappa shape index (κ2) is 9.29. The van der Waals surface area contributed by atoms with E-state index in [-0.39, 0.29) is 30.7 Å². The van der Waals surface area contributed by atoms with E-state index in [1.807, 2.05) is 48.5 Å². The molecule has 130 valence electrons. The van der Waals surface area contributed by atoms with E-state index in [2.05, 4.69) is 10.3 Å². The Hall–Kier alpha value is -3.06. The highest BCUT2D eigenvalue weighted by Gasteiger charge is 2.17. The highest BCUT2D eigenvalue weighted by atomic mass is 16.1. The molecule has 0 fully saturated rings. The standard InChI is InChI=1S/C18H22N6O/c19-11-18(25)23-12-17(21)24(13-15-8-4-5-9-22-15)16(20)10-14-6-2-1-3-7-14/h1-9,20-21H,10-13,19H2,(H,23,25). The molecule has 1 aromatic carbocycles. The summed E-state index contributed by atoms with van der Waals surface area (Å²) in [5.74, 6) is 0.0503. The third-order valence-corrected chi connectivity index (χ3v) is 3.55. The lowest BCUT2D eigenvalue weighted by Gasteiger charge is -2.25. The molecule has 7 heteroatoms. The van der Waals surface area contributed by atoms with Crippen molar-refractivity contribution in [1.29, 1.82) is 10.8 Å². The molecular formula is C18H22N6O. The lowest BCUT2D eigenvalue weighted by Crippen LogP contribution is -2.44. The van der Waals surface area contributed by atoms with Gasteiger partial charge >= 0.3 is 0 Å². The van der Waals surface area contributed by atoms with Crippen molar-refractivity contribution in [2.45, 2.75) is 13.0 Å². The van der Waals surface area contributed by atoms with E-state index in [1.54, 1.807) is 11.1 Å². The van der Waals surface area contributed by atoms with Crippen LogP contribution in [0.1, 0.15) is 11.3 Å². The van der Waals surface area contributed by atoms with Crippen molar-refractivity contribution < 1.29 is 4.79 Å². The number of hydrogen-bond donors (Lipinski definition) is 4. The summed E-state index contributed by atoms with van der Waals surface area (Å²) in [4.78, 5) is 17.1. The van der Waals surface area contributed by atoms with Crippen molar-refractivity contribution in [1.82, 2.24) is 15.2 Å². The number of carbonyl (C=O) groups excluding carboxylic acids is 1. The first-order valence-corrected chi connectivity index (χ1v) is 7.93. The number of nitrogens with zero attached hydrogens (tertiary/aromatic N) is 2. The minimum atomic E-state index is -0.336. The maximum Gasteiger partial charge on any atom is 0.234 e. The normalized spacial score (nSPS) is 10.1. The van der Waals surface area contributed by atoms with Crippen molar-refractivity contribution in [3.63, 3.8) is 0 Å². The molecule has 0 aliphatic rings. The van der Waals surface area contributed by atoms with E-state index in [1.165, 1.54) is 0 Å². The smallest absolute Gasteiger partial charge is 0.234 e. The highest BCUT2D eigenvalue weighted by molar-refractivity contribution is 6.00. The van der Waals surface area contributed by atoms with Crippen molar-refractivity contribution in [3.05, 3.63) is 66.0 Å². The van der Waals surface area contributed by atoms with Gasteiger partial charge in [-0.25, -0.2) is 0 Å². The summed E-state index contributed by atoms with van der Waals surface area (Å²) in [6, 6.07) is 15.1. The fraction of sp³-hybridized carbons (Fsp3) is 0.222. The van der Waals surface area contributed by atoms with Crippen LogP contribution in [0.3, 0.4) is 0 Å². The number of pyridine rings is 1. The van der Waals surface area contributed by atoms with Crippen molar-refractivity contribution in [3.8, 4) is 0 Å². The molecule has 0 aliphatic heterocycles. The second-order valence-corrected chi connectivity index (χ2v) is 5.44. The number of amidine groups is 2. The number of nitrogens with one attached hydrogen (secondary N) is 3. The fourth-order valence-corrected chi connectivity index (χ4v) is 2.24. The Balaban J connectivity index is 2.11. The van der Waals surface area contributed by atoms with Gasteiger partial charge in [0.15, 0.2) is 0 Å². The van der Waals surface area contributed by atoms with Crippen molar-refractivity contribution in [2.75, 3.05) is 13.1 Å². The Morgan fingerprint density at radius 1 is 1.08 bits per heavy atom. The molecule has 0 unspecified atom stereocenters. The predicted molar refractivity (Wildman–Crippen MR) is 97.4 cm³/mol. The quantitative estimate of drug-likeness (QED) is 0.447. The zero-order valence-corrected chi connectivity index (χ0v) is 13.9. The van der Waals surface area contributed by atoms with Crippen LogP contribution in [-0.4, -0.2) is 40.6 Å². The maximum absolute atomic E-state index is 11.3. The molecule has 1 aromatic heterocycles. The minimum absolute atomic E-state index is 0.0139. The first-order chi connectivity index (χ1) is 12.1. The van der Waals surface area contributed by atoms with Gasteiger partial charge in [0.25, 0.3) is 0 Å². The van der Waals surface area contributed by atoms with Crippen LogP contribution in [0.15, 0.2) is 54.7 Å². The van der Waals surface area contributed by atoms with Crippen molar-refractivity contribution in [2.24, 2.45) is 5.73 Å². The molecule has 1 heterocycles. The molecule has 2 rings (SSSR count). The number of rotatable bonds is 7. The van der Waals surface area contributed by atoms with Gasteiger partial charge in [-0.05, 0) is 17.7 Å². The van der Waals surface area contributed by atoms with Crippen LogP contribution in [-0.2, 0) is 17.8 Å². The Morgan fingerprint density at radius 2 is 1.80 bits per heavy atom. The van der Waals surface area contributed by atoms with Crippen LogP contribution >= 0.6 is 0 Å². The van der Waals surface area contributed by atoms with Gasteiger partial charge in [0.05, 0.1) is 25.3 Å². The molecule has 0 radical (unpaired) electrons. The number of nitrogens with two attached hydrogens (primary N) is 1. The van der Waals surface area contributed by atoms with Crippen LogP contribution in [0.4, 0.5) is 0 Å². The minimum Gasteiger partial charge on any atom is -0.348 e. The molecule has 0 bridgehead atoms. The molecule has 0 saturated carbocycles. The Kier molecular flexibility index (Phi) is 6.79. The van der Waals surface area contributed by atoms with Gasteiger partial charge in [-0.3, -0.25) is 20.6 Å². The Morgan fingerprint density at radius 3 is 2.44 bits per heavy atom. The predicted octanol–water partition coefficient (Wildman–Crippen LogP) is 1.16. The number of aromatic nitrogens is 1. The third kappa shape index (κ3) is 5.82. The molecule has 0 aliphatic carbocycles. The summed E-state index contributed by atoms with van der Waals surface area (Å²) in [6.45, 7) is 0.179. The molecule has 1 amide bonds. The molecular weight excluding hydrogens is 316 g/mol. The number of hydrogen-bond acceptors (Lipinski definition) is 5. The SMILES string of the molecule is N=C(CNC(=O)CN)N(Cc1ccccn1)C(=N)Cc1ccccc1. The van der Waals surface area contributed by atoms with Gasteiger partial charge in [0.1, 0.15) is 11.7 Å². The average Bonchev–Trinajstić information content (AvgIpc) is 2.65. The van der Waals surface area contributed by atoms with E-state index in [0.29, 0.717) is 13.0 Å². The largest absolute Gasteiger partial charge is 0.348 e. The van der Waals surface area contributed by atoms with Crippen LogP contribution < -0.4 is 11.1 Å². The first-order valence-electron chi connectivity index (χ1n) is 7.93. The lowest BCUT2D eigenvalue weighted by molar-refractivity contribution is -0.119. The van der Waals surface area contributed by atoms with E-state index in [4.69, 9.17) is 16.6 Å². The van der Waals surface area contributed by atoms with Crippen LogP contribution in [0.5, 0.6) is 0 Å². The monoisotopic (exact) mass is 338 g/mol. The fourth-order valence-electron chi connectivity index (χ4n) is 2.24. The van der Waals surface area contributed by atoms with E-state index in [0.717, 1.165) is 11.3 Å². The molecule has 2 aromatic rings. The van der Waals surface area contributed by atoms with Gasteiger partial charge in [0.2, 0.25) is 5.91 Å². The molecule has 7 nitrogen and oxygen atoms in total. The summed E-state index contributed by atoms with van der Waals surface area (Å²) in [6.07, 6.45) is 2.06. The third-order valence-electron chi connectivity index (χ3n) is 3.55. The number of amides is 1. The van der Waals surface area contributed by atoms with Crippen LogP contribution in [0, 0.1) is 10.8 Å². The lowest BCUT2D eigenvalue weighted by atomic mass is 10.1. The first kappa shape index (κ1) is 18.3. The summed E-state index contributed by atoms with van der Waals surface area (Å²) in [7, 11) is 0. The Labute approximate surface area is 146 Å². The van der Waals surface area contributed by atoms with Gasteiger partial charge in [-0.1, -0.05) is 36.4 Å². The van der Waals surface area contributed by atoms with Crippen LogP contribution in [0.2, 0.25) is 0 Å². The molecule has 0 atom stereocenters. The van der Waals surface area contributed by atoms with Crippen LogP contribution in [0.25, 0.3) is 0 Å². The summed E-state index contributed by atoms with van der Waals surface area (Å²) >= 11 is 0. The van der Waals surface area contributed by atoms with Gasteiger partial charge in [-0.2, -0.15) is 0 Å².